The summed E-state index contributed by atoms with van der Waals surface area (Å²) in [5.74, 6) is 0.812. The molecule has 3 aromatic rings. The average molecular weight is 255 g/mol. The number of nitrogens with one attached hydrogen (secondary N) is 1. The fourth-order valence-electron chi connectivity index (χ4n) is 2.04. The van der Waals surface area contributed by atoms with Crippen LogP contribution in [0.4, 0.5) is 0 Å². The lowest BCUT2D eigenvalue weighted by Gasteiger charge is -2.04. The van der Waals surface area contributed by atoms with Crippen LogP contribution >= 0.6 is 0 Å². The number of benzene rings is 1. The lowest BCUT2D eigenvalue weighted by atomic mass is 10.1. The number of aromatic amines is 1. The van der Waals surface area contributed by atoms with Crippen LogP contribution in [-0.4, -0.2) is 21.6 Å². The third-order valence-corrected chi connectivity index (χ3v) is 3.18. The van der Waals surface area contributed by atoms with Crippen LogP contribution in [0.2, 0.25) is 0 Å². The Kier molecular flexibility index (Phi) is 2.59. The molecule has 2 aromatic heterocycles. The molecule has 0 aliphatic rings. The van der Waals surface area contributed by atoms with Crippen LogP contribution in [-0.2, 0) is 7.05 Å². The molecule has 0 unspecified atom stereocenters. The Morgan fingerprint density at radius 2 is 1.95 bits per heavy atom. The highest BCUT2D eigenvalue weighted by Gasteiger charge is 2.06. The summed E-state index contributed by atoms with van der Waals surface area (Å²) in [7, 11) is 3.36. The maximum absolute atomic E-state index is 11.5. The van der Waals surface area contributed by atoms with Gasteiger partial charge in [0, 0.05) is 18.8 Å². The molecule has 1 N–H and O–H groups in total. The number of H-pyrrole nitrogens is 1. The number of aromatic nitrogens is 3. The lowest BCUT2D eigenvalue weighted by Crippen LogP contribution is -2.11. The zero-order chi connectivity index (χ0) is 13.4. The van der Waals surface area contributed by atoms with Crippen LogP contribution in [0.1, 0.15) is 0 Å². The summed E-state index contributed by atoms with van der Waals surface area (Å²) in [4.78, 5) is 18.5. The van der Waals surface area contributed by atoms with Crippen molar-refractivity contribution in [1.82, 2.24) is 14.5 Å². The van der Waals surface area contributed by atoms with Crippen molar-refractivity contribution in [2.24, 2.45) is 7.05 Å². The van der Waals surface area contributed by atoms with Crippen molar-refractivity contribution < 1.29 is 4.74 Å². The van der Waals surface area contributed by atoms with E-state index in [1.165, 1.54) is 0 Å². The van der Waals surface area contributed by atoms with Crippen LogP contribution in [0.25, 0.3) is 22.3 Å². The molecule has 0 saturated carbocycles. The zero-order valence-corrected chi connectivity index (χ0v) is 10.7. The number of rotatable bonds is 2. The van der Waals surface area contributed by atoms with Gasteiger partial charge in [-0.05, 0) is 23.8 Å². The molecule has 0 bridgehead atoms. The first-order valence-corrected chi connectivity index (χ1v) is 5.88. The minimum atomic E-state index is -0.158. The highest BCUT2D eigenvalue weighted by Crippen LogP contribution is 2.23. The first-order chi connectivity index (χ1) is 9.19. The second-order valence-corrected chi connectivity index (χ2v) is 4.31. The number of imidazole rings is 1. The van der Waals surface area contributed by atoms with Crippen molar-refractivity contribution in [3.05, 3.63) is 47.0 Å². The van der Waals surface area contributed by atoms with Gasteiger partial charge in [0.2, 0.25) is 0 Å². The molecule has 0 amide bonds. The highest BCUT2D eigenvalue weighted by atomic mass is 16.5. The molecule has 2 heterocycles. The number of fused-ring (bicyclic) bond motifs is 1. The molecular weight excluding hydrogens is 242 g/mol. The molecule has 0 aliphatic heterocycles. The lowest BCUT2D eigenvalue weighted by molar-refractivity contribution is 0.415. The second kappa shape index (κ2) is 4.28. The van der Waals surface area contributed by atoms with E-state index >= 15 is 0 Å². The molecule has 0 radical (unpaired) electrons. The summed E-state index contributed by atoms with van der Waals surface area (Å²) in [5.41, 5.74) is 3.23. The Balaban J connectivity index is 2.13. The van der Waals surface area contributed by atoms with Crippen molar-refractivity contribution in [1.29, 1.82) is 0 Å². The third-order valence-electron chi connectivity index (χ3n) is 3.18. The van der Waals surface area contributed by atoms with Gasteiger partial charge in [0.15, 0.2) is 5.65 Å². The van der Waals surface area contributed by atoms with E-state index in [0.29, 0.717) is 5.65 Å². The van der Waals surface area contributed by atoms with Crippen molar-refractivity contribution in [3.63, 3.8) is 0 Å². The summed E-state index contributed by atoms with van der Waals surface area (Å²) < 4.78 is 6.68. The smallest absolute Gasteiger partial charge is 0.327 e. The minimum absolute atomic E-state index is 0.158. The van der Waals surface area contributed by atoms with E-state index in [-0.39, 0.29) is 5.69 Å². The van der Waals surface area contributed by atoms with Crippen LogP contribution in [0.5, 0.6) is 5.75 Å². The Bertz CT molecular complexity index is 785. The maximum Gasteiger partial charge on any atom is 0.327 e. The Morgan fingerprint density at radius 3 is 2.63 bits per heavy atom. The SMILES string of the molecule is COc1ccc(-c2cnc3[nH]c(=O)n(C)c3c2)cc1. The largest absolute Gasteiger partial charge is 0.497 e. The van der Waals surface area contributed by atoms with Crippen molar-refractivity contribution in [3.8, 4) is 16.9 Å². The fourth-order valence-corrected chi connectivity index (χ4v) is 2.04. The topological polar surface area (TPSA) is 59.9 Å². The van der Waals surface area contributed by atoms with Crippen LogP contribution in [0.3, 0.4) is 0 Å². The molecule has 5 nitrogen and oxygen atoms in total. The quantitative estimate of drug-likeness (QED) is 0.761. The van der Waals surface area contributed by atoms with Crippen molar-refractivity contribution in [2.75, 3.05) is 7.11 Å². The summed E-state index contributed by atoms with van der Waals surface area (Å²) in [5, 5.41) is 0. The molecule has 19 heavy (non-hydrogen) atoms. The Morgan fingerprint density at radius 1 is 1.21 bits per heavy atom. The van der Waals surface area contributed by atoms with Gasteiger partial charge in [-0.3, -0.25) is 9.55 Å². The van der Waals surface area contributed by atoms with E-state index in [0.717, 1.165) is 22.4 Å². The highest BCUT2D eigenvalue weighted by molar-refractivity contribution is 5.78. The predicted octanol–water partition coefficient (Wildman–Crippen LogP) is 1.94. The number of hydrogen-bond acceptors (Lipinski definition) is 3. The first kappa shape index (κ1) is 11.5. The number of nitrogens with zero attached hydrogens (tertiary/aromatic N) is 2. The third kappa shape index (κ3) is 1.89. The van der Waals surface area contributed by atoms with Gasteiger partial charge in [0.1, 0.15) is 5.75 Å². The van der Waals surface area contributed by atoms with Crippen LogP contribution in [0, 0.1) is 0 Å². The molecular formula is C14H13N3O2. The molecule has 0 spiro atoms. The van der Waals surface area contributed by atoms with Crippen molar-refractivity contribution in [2.45, 2.75) is 0 Å². The standard InChI is InChI=1S/C14H13N3O2/c1-17-12-7-10(8-15-13(12)16-14(17)18)9-3-5-11(19-2)6-4-9/h3-8H,1-2H3,(H,15,16,18). The van der Waals surface area contributed by atoms with Crippen LogP contribution in [0.15, 0.2) is 41.3 Å². The van der Waals surface area contributed by atoms with Gasteiger partial charge < -0.3 is 4.74 Å². The van der Waals surface area contributed by atoms with E-state index in [1.807, 2.05) is 30.3 Å². The van der Waals surface area contributed by atoms with Gasteiger partial charge in [-0.1, -0.05) is 12.1 Å². The summed E-state index contributed by atoms with van der Waals surface area (Å²) in [6.07, 6.45) is 1.75. The second-order valence-electron chi connectivity index (χ2n) is 4.31. The van der Waals surface area contributed by atoms with E-state index in [9.17, 15) is 4.79 Å². The molecule has 3 rings (SSSR count). The van der Waals surface area contributed by atoms with E-state index in [2.05, 4.69) is 9.97 Å². The van der Waals surface area contributed by atoms with E-state index in [4.69, 9.17) is 4.74 Å². The van der Waals surface area contributed by atoms with Gasteiger partial charge >= 0.3 is 5.69 Å². The monoisotopic (exact) mass is 255 g/mol. The number of ether oxygens (including phenoxy) is 1. The number of methoxy groups -OCH3 is 1. The Hall–Kier alpha value is -2.56. The number of pyridine rings is 1. The molecule has 0 atom stereocenters. The summed E-state index contributed by atoms with van der Waals surface area (Å²) in [6, 6.07) is 9.67. The minimum Gasteiger partial charge on any atom is -0.497 e. The molecule has 1 aromatic carbocycles. The normalized spacial score (nSPS) is 10.8. The molecule has 0 aliphatic carbocycles. The summed E-state index contributed by atoms with van der Waals surface area (Å²) >= 11 is 0. The molecule has 5 heteroatoms. The molecule has 0 saturated heterocycles. The Labute approximate surface area is 109 Å². The summed E-state index contributed by atoms with van der Waals surface area (Å²) in [6.45, 7) is 0. The maximum atomic E-state index is 11.5. The first-order valence-electron chi connectivity index (χ1n) is 5.88. The fraction of sp³-hybridized carbons (Fsp3) is 0.143. The molecule has 96 valence electrons. The van der Waals surface area contributed by atoms with Gasteiger partial charge in [-0.15, -0.1) is 0 Å². The van der Waals surface area contributed by atoms with Gasteiger partial charge in [0.05, 0.1) is 12.6 Å². The number of hydrogen-bond donors (Lipinski definition) is 1. The van der Waals surface area contributed by atoms with E-state index < -0.39 is 0 Å². The average Bonchev–Trinajstić information content (AvgIpc) is 2.74. The number of aryl methyl sites for hydroxylation is 1. The van der Waals surface area contributed by atoms with Crippen molar-refractivity contribution >= 4 is 11.2 Å². The van der Waals surface area contributed by atoms with E-state index in [1.54, 1.807) is 24.9 Å². The molecule has 0 fully saturated rings. The van der Waals surface area contributed by atoms with Gasteiger partial charge in [0.25, 0.3) is 0 Å². The predicted molar refractivity (Wildman–Crippen MR) is 73.3 cm³/mol. The van der Waals surface area contributed by atoms with Gasteiger partial charge in [-0.25, -0.2) is 9.78 Å². The van der Waals surface area contributed by atoms with Crippen LogP contribution < -0.4 is 10.4 Å². The van der Waals surface area contributed by atoms with Gasteiger partial charge in [-0.2, -0.15) is 0 Å². The zero-order valence-electron chi connectivity index (χ0n) is 10.7.